The number of halogens is 3. The van der Waals surface area contributed by atoms with Crippen LogP contribution in [0, 0.1) is 0 Å². The Morgan fingerprint density at radius 3 is 2.62 bits per heavy atom. The van der Waals surface area contributed by atoms with Gasteiger partial charge in [0, 0.05) is 37.8 Å². The summed E-state index contributed by atoms with van der Waals surface area (Å²) in [5, 5.41) is 2.67. The van der Waals surface area contributed by atoms with Gasteiger partial charge in [-0.15, -0.1) is 0 Å². The fourth-order valence-electron chi connectivity index (χ4n) is 3.85. The number of nitrogens with zero attached hydrogens (tertiary/aromatic N) is 2. The van der Waals surface area contributed by atoms with E-state index in [1.165, 1.54) is 37.9 Å². The Hall–Kier alpha value is -1.60. The second-order valence-electron chi connectivity index (χ2n) is 7.21. The molecular weight excluding hydrogens is 343 g/mol. The van der Waals surface area contributed by atoms with Gasteiger partial charge in [-0.05, 0) is 56.6 Å². The van der Waals surface area contributed by atoms with Gasteiger partial charge in [-0.25, -0.2) is 0 Å². The van der Waals surface area contributed by atoms with E-state index in [9.17, 15) is 18.0 Å². The van der Waals surface area contributed by atoms with Crippen LogP contribution < -0.4 is 5.32 Å². The average molecular weight is 369 g/mol. The summed E-state index contributed by atoms with van der Waals surface area (Å²) in [6, 6.07) is 5.23. The summed E-state index contributed by atoms with van der Waals surface area (Å²) in [6.07, 6.45) is 0.673. The lowest BCUT2D eigenvalue weighted by Gasteiger charge is -2.44. The van der Waals surface area contributed by atoms with E-state index in [1.807, 2.05) is 0 Å². The molecule has 1 amide bonds. The molecule has 0 spiro atoms. The van der Waals surface area contributed by atoms with E-state index in [0.29, 0.717) is 18.2 Å². The fourth-order valence-corrected chi connectivity index (χ4v) is 3.85. The van der Waals surface area contributed by atoms with Crippen molar-refractivity contribution in [1.29, 1.82) is 0 Å². The summed E-state index contributed by atoms with van der Waals surface area (Å²) in [5.74, 6) is -0.152. The first-order valence-corrected chi connectivity index (χ1v) is 9.35. The molecule has 0 aromatic heterocycles. The largest absolute Gasteiger partial charge is 0.416 e. The second kappa shape index (κ2) is 8.39. The molecule has 2 aliphatic heterocycles. The van der Waals surface area contributed by atoms with Gasteiger partial charge in [0.15, 0.2) is 0 Å². The van der Waals surface area contributed by atoms with Gasteiger partial charge in [0.2, 0.25) is 5.91 Å². The second-order valence-corrected chi connectivity index (χ2v) is 7.21. The van der Waals surface area contributed by atoms with Gasteiger partial charge >= 0.3 is 6.18 Å². The predicted octanol–water partition coefficient (Wildman–Crippen LogP) is 3.59. The standard InChI is InChI=1S/C19H26F3N3O/c20-19(21,22)15-6-8-16(9-7-15)23-18(26)5-3-10-24-12-13-25-11-2-1-4-17(25)14-24/h6-9,17H,1-5,10-14H2,(H,23,26). The predicted molar refractivity (Wildman–Crippen MR) is 95.0 cm³/mol. The van der Waals surface area contributed by atoms with Gasteiger partial charge in [0.25, 0.3) is 0 Å². The van der Waals surface area contributed by atoms with Gasteiger partial charge in [-0.3, -0.25) is 9.69 Å². The molecule has 2 aliphatic rings. The van der Waals surface area contributed by atoms with Crippen LogP contribution in [0.4, 0.5) is 18.9 Å². The van der Waals surface area contributed by atoms with Crippen molar-refractivity contribution in [1.82, 2.24) is 9.80 Å². The third kappa shape index (κ3) is 5.20. The number of anilines is 1. The molecule has 1 aromatic rings. The summed E-state index contributed by atoms with van der Waals surface area (Å²) in [7, 11) is 0. The minimum Gasteiger partial charge on any atom is -0.326 e. The molecule has 2 saturated heterocycles. The Balaban J connectivity index is 1.38. The number of carbonyl (C=O) groups is 1. The van der Waals surface area contributed by atoms with E-state index in [-0.39, 0.29) is 5.91 Å². The molecule has 0 bridgehead atoms. The van der Waals surface area contributed by atoms with Gasteiger partial charge in [-0.2, -0.15) is 13.2 Å². The number of amides is 1. The van der Waals surface area contributed by atoms with Crippen molar-refractivity contribution >= 4 is 11.6 Å². The van der Waals surface area contributed by atoms with Crippen molar-refractivity contribution in [3.8, 4) is 0 Å². The molecule has 1 aromatic carbocycles. The first-order valence-electron chi connectivity index (χ1n) is 9.35. The molecule has 0 saturated carbocycles. The topological polar surface area (TPSA) is 35.6 Å². The number of nitrogens with one attached hydrogen (secondary N) is 1. The van der Waals surface area contributed by atoms with Gasteiger partial charge in [0.05, 0.1) is 5.56 Å². The van der Waals surface area contributed by atoms with Crippen molar-refractivity contribution in [3.05, 3.63) is 29.8 Å². The van der Waals surface area contributed by atoms with Crippen LogP contribution in [-0.4, -0.2) is 54.5 Å². The average Bonchev–Trinajstić information content (AvgIpc) is 2.61. The quantitative estimate of drug-likeness (QED) is 0.862. The fraction of sp³-hybridized carbons (Fsp3) is 0.632. The van der Waals surface area contributed by atoms with Crippen molar-refractivity contribution < 1.29 is 18.0 Å². The van der Waals surface area contributed by atoms with E-state index in [4.69, 9.17) is 0 Å². The lowest BCUT2D eigenvalue weighted by molar-refractivity contribution is -0.137. The number of piperazine rings is 1. The summed E-state index contributed by atoms with van der Waals surface area (Å²) in [4.78, 5) is 17.0. The van der Waals surface area contributed by atoms with Crippen LogP contribution >= 0.6 is 0 Å². The Labute approximate surface area is 152 Å². The molecule has 26 heavy (non-hydrogen) atoms. The number of piperidine rings is 1. The highest BCUT2D eigenvalue weighted by molar-refractivity contribution is 5.90. The SMILES string of the molecule is O=C(CCCN1CCN2CCCCC2C1)Nc1ccc(C(F)(F)F)cc1. The molecule has 1 atom stereocenters. The molecule has 144 valence electrons. The smallest absolute Gasteiger partial charge is 0.326 e. The zero-order chi connectivity index (χ0) is 18.6. The van der Waals surface area contributed by atoms with E-state index in [2.05, 4.69) is 15.1 Å². The highest BCUT2D eigenvalue weighted by atomic mass is 19.4. The van der Waals surface area contributed by atoms with E-state index in [1.54, 1.807) is 0 Å². The van der Waals surface area contributed by atoms with E-state index < -0.39 is 11.7 Å². The van der Waals surface area contributed by atoms with Gasteiger partial charge in [-0.1, -0.05) is 6.42 Å². The molecule has 2 heterocycles. The molecule has 0 aliphatic carbocycles. The lowest BCUT2D eigenvalue weighted by atomic mass is 9.99. The number of benzene rings is 1. The zero-order valence-electron chi connectivity index (χ0n) is 14.9. The third-order valence-corrected chi connectivity index (χ3v) is 5.30. The number of hydrogen-bond donors (Lipinski definition) is 1. The first kappa shape index (κ1) is 19.2. The third-order valence-electron chi connectivity index (χ3n) is 5.30. The molecule has 3 rings (SSSR count). The van der Waals surface area contributed by atoms with Crippen molar-refractivity contribution in [2.24, 2.45) is 0 Å². The first-order chi connectivity index (χ1) is 12.4. The summed E-state index contributed by atoms with van der Waals surface area (Å²) < 4.78 is 37.6. The normalized spacial score (nSPS) is 22.0. The summed E-state index contributed by atoms with van der Waals surface area (Å²) in [6.45, 7) is 5.36. The Morgan fingerprint density at radius 1 is 1.12 bits per heavy atom. The van der Waals surface area contributed by atoms with Crippen molar-refractivity contribution in [2.75, 3.05) is 38.0 Å². The Kier molecular flexibility index (Phi) is 6.19. The monoisotopic (exact) mass is 369 g/mol. The van der Waals surface area contributed by atoms with Crippen LogP contribution in [-0.2, 0) is 11.0 Å². The molecule has 4 nitrogen and oxygen atoms in total. The van der Waals surface area contributed by atoms with Crippen LogP contribution in [0.2, 0.25) is 0 Å². The van der Waals surface area contributed by atoms with Gasteiger partial charge < -0.3 is 10.2 Å². The number of alkyl halides is 3. The Bertz CT molecular complexity index is 603. The van der Waals surface area contributed by atoms with Crippen LogP contribution in [0.1, 0.15) is 37.7 Å². The van der Waals surface area contributed by atoms with Crippen LogP contribution in [0.5, 0.6) is 0 Å². The number of hydrogen-bond acceptors (Lipinski definition) is 3. The number of carbonyl (C=O) groups excluding carboxylic acids is 1. The highest BCUT2D eigenvalue weighted by Crippen LogP contribution is 2.29. The van der Waals surface area contributed by atoms with E-state index >= 15 is 0 Å². The van der Waals surface area contributed by atoms with Crippen LogP contribution in [0.25, 0.3) is 0 Å². The number of rotatable bonds is 5. The minimum atomic E-state index is -4.36. The maximum Gasteiger partial charge on any atom is 0.416 e. The maximum absolute atomic E-state index is 12.5. The molecule has 0 radical (unpaired) electrons. The molecular formula is C19H26F3N3O. The minimum absolute atomic E-state index is 0.152. The number of fused-ring (bicyclic) bond motifs is 1. The summed E-state index contributed by atoms with van der Waals surface area (Å²) >= 11 is 0. The molecule has 1 N–H and O–H groups in total. The van der Waals surface area contributed by atoms with Crippen molar-refractivity contribution in [2.45, 2.75) is 44.3 Å². The van der Waals surface area contributed by atoms with Crippen LogP contribution in [0.3, 0.4) is 0 Å². The highest BCUT2D eigenvalue weighted by Gasteiger charge is 2.30. The Morgan fingerprint density at radius 2 is 1.88 bits per heavy atom. The van der Waals surface area contributed by atoms with E-state index in [0.717, 1.165) is 44.7 Å². The zero-order valence-corrected chi connectivity index (χ0v) is 14.9. The molecule has 1 unspecified atom stereocenters. The lowest BCUT2D eigenvalue weighted by Crippen LogP contribution is -2.54. The molecule has 7 heteroatoms. The van der Waals surface area contributed by atoms with Crippen molar-refractivity contribution in [3.63, 3.8) is 0 Å². The maximum atomic E-state index is 12.5. The van der Waals surface area contributed by atoms with Crippen LogP contribution in [0.15, 0.2) is 24.3 Å². The van der Waals surface area contributed by atoms with Gasteiger partial charge in [0.1, 0.15) is 0 Å². The summed E-state index contributed by atoms with van der Waals surface area (Å²) in [5.41, 5.74) is -0.309. The molecule has 2 fully saturated rings.